The quantitative estimate of drug-likeness (QED) is 0.212. The molecule has 0 unspecified atom stereocenters. The van der Waals surface area contributed by atoms with E-state index in [0.717, 1.165) is 44.9 Å². The molecule has 0 aliphatic heterocycles. The first-order valence-electron chi connectivity index (χ1n) is 11.1. The standard InChI is InChI=1S/C24H41NO4/c1-3-4-5-6-7-8-9-10-11-12-13-14-15-16-17-18-19-20-22(27)25-23(21(2)26)24(28)29/h7-8,10-11,13-14,21,23,26H,3-6,9,12,15-20H2,1-2H3,(H,25,27)(H,28,29)/b8-7-,11-10-,14-13-/t21-,23+/m1/s1. The number of nitrogens with one attached hydrogen (secondary N) is 1. The predicted octanol–water partition coefficient (Wildman–Crippen LogP) is 5.31. The van der Waals surface area contributed by atoms with Crippen molar-refractivity contribution in [1.29, 1.82) is 0 Å². The number of amides is 1. The first-order valence-corrected chi connectivity index (χ1v) is 11.1. The van der Waals surface area contributed by atoms with E-state index in [1.807, 2.05) is 0 Å². The molecule has 0 radical (unpaired) electrons. The first-order chi connectivity index (χ1) is 14.0. The van der Waals surface area contributed by atoms with Crippen molar-refractivity contribution in [1.82, 2.24) is 5.32 Å². The second kappa shape index (κ2) is 19.4. The Balaban J connectivity index is 3.57. The Morgan fingerprint density at radius 3 is 1.86 bits per heavy atom. The van der Waals surface area contributed by atoms with Gasteiger partial charge in [0.1, 0.15) is 0 Å². The number of aliphatic hydroxyl groups excluding tert-OH is 1. The summed E-state index contributed by atoms with van der Waals surface area (Å²) in [6.07, 6.45) is 24.4. The second-order valence-corrected chi connectivity index (χ2v) is 7.46. The maximum atomic E-state index is 11.7. The summed E-state index contributed by atoms with van der Waals surface area (Å²) in [5.41, 5.74) is 0. The van der Waals surface area contributed by atoms with Gasteiger partial charge in [0.15, 0.2) is 6.04 Å². The van der Waals surface area contributed by atoms with Crippen molar-refractivity contribution in [2.24, 2.45) is 0 Å². The topological polar surface area (TPSA) is 86.6 Å². The number of carbonyl (C=O) groups is 2. The molecule has 166 valence electrons. The molecule has 0 spiro atoms. The van der Waals surface area contributed by atoms with Crippen LogP contribution in [-0.2, 0) is 9.59 Å². The van der Waals surface area contributed by atoms with E-state index in [1.165, 1.54) is 32.6 Å². The van der Waals surface area contributed by atoms with Gasteiger partial charge >= 0.3 is 5.97 Å². The molecular weight excluding hydrogens is 366 g/mol. The summed E-state index contributed by atoms with van der Waals surface area (Å²) in [6, 6.07) is -1.23. The molecule has 0 aliphatic rings. The SMILES string of the molecule is CCCCC/C=C\C/C=C\C/C=C\CCCCCCC(=O)N[C@H](C(=O)O)[C@@H](C)O. The van der Waals surface area contributed by atoms with Crippen LogP contribution in [0.5, 0.6) is 0 Å². The van der Waals surface area contributed by atoms with Crippen molar-refractivity contribution in [2.75, 3.05) is 0 Å². The summed E-state index contributed by atoms with van der Waals surface area (Å²) in [5, 5.41) is 20.6. The Morgan fingerprint density at radius 2 is 1.34 bits per heavy atom. The number of rotatable bonds is 18. The molecule has 2 atom stereocenters. The number of carboxylic acid groups (broad SMARTS) is 1. The van der Waals surface area contributed by atoms with Crippen LogP contribution >= 0.6 is 0 Å². The van der Waals surface area contributed by atoms with E-state index in [0.29, 0.717) is 6.42 Å². The van der Waals surface area contributed by atoms with E-state index in [1.54, 1.807) is 0 Å². The largest absolute Gasteiger partial charge is 0.480 e. The van der Waals surface area contributed by atoms with Crippen molar-refractivity contribution in [3.05, 3.63) is 36.5 Å². The van der Waals surface area contributed by atoms with E-state index in [4.69, 9.17) is 5.11 Å². The van der Waals surface area contributed by atoms with E-state index >= 15 is 0 Å². The zero-order chi connectivity index (χ0) is 21.7. The Hall–Kier alpha value is -1.88. The van der Waals surface area contributed by atoms with Crippen molar-refractivity contribution in [3.63, 3.8) is 0 Å². The summed E-state index contributed by atoms with van der Waals surface area (Å²) in [4.78, 5) is 22.6. The van der Waals surface area contributed by atoms with Crippen molar-refractivity contribution >= 4 is 11.9 Å². The van der Waals surface area contributed by atoms with Crippen LogP contribution in [0.1, 0.15) is 90.9 Å². The van der Waals surface area contributed by atoms with Gasteiger partial charge in [0.25, 0.3) is 0 Å². The molecule has 0 aromatic carbocycles. The fourth-order valence-corrected chi connectivity index (χ4v) is 2.83. The third-order valence-corrected chi connectivity index (χ3v) is 4.61. The van der Waals surface area contributed by atoms with Crippen LogP contribution < -0.4 is 5.32 Å². The number of allylic oxidation sites excluding steroid dienone is 6. The van der Waals surface area contributed by atoms with Gasteiger partial charge < -0.3 is 15.5 Å². The molecule has 0 bridgehead atoms. The molecular formula is C24H41NO4. The smallest absolute Gasteiger partial charge is 0.328 e. The second-order valence-electron chi connectivity index (χ2n) is 7.46. The van der Waals surface area contributed by atoms with Gasteiger partial charge in [0.2, 0.25) is 5.91 Å². The third kappa shape index (κ3) is 17.9. The van der Waals surface area contributed by atoms with Crippen LogP contribution in [0.3, 0.4) is 0 Å². The number of hydrogen-bond donors (Lipinski definition) is 3. The van der Waals surface area contributed by atoms with Gasteiger partial charge in [-0.15, -0.1) is 0 Å². The maximum absolute atomic E-state index is 11.7. The van der Waals surface area contributed by atoms with Crippen LogP contribution in [0.2, 0.25) is 0 Å². The van der Waals surface area contributed by atoms with Gasteiger partial charge in [-0.3, -0.25) is 4.79 Å². The number of unbranched alkanes of at least 4 members (excludes halogenated alkanes) is 7. The zero-order valence-corrected chi connectivity index (χ0v) is 18.3. The lowest BCUT2D eigenvalue weighted by atomic mass is 10.1. The predicted molar refractivity (Wildman–Crippen MR) is 120 cm³/mol. The molecule has 0 aliphatic carbocycles. The number of carbonyl (C=O) groups excluding carboxylic acids is 1. The molecule has 29 heavy (non-hydrogen) atoms. The Morgan fingerprint density at radius 1 is 0.828 bits per heavy atom. The fourth-order valence-electron chi connectivity index (χ4n) is 2.83. The molecule has 0 aromatic rings. The van der Waals surface area contributed by atoms with Gasteiger partial charge in [-0.1, -0.05) is 69.1 Å². The van der Waals surface area contributed by atoms with Crippen LogP contribution in [0.25, 0.3) is 0 Å². The summed E-state index contributed by atoms with van der Waals surface area (Å²) < 4.78 is 0. The lowest BCUT2D eigenvalue weighted by Gasteiger charge is -2.16. The molecule has 5 nitrogen and oxygen atoms in total. The van der Waals surface area contributed by atoms with Crippen LogP contribution in [0.15, 0.2) is 36.5 Å². The molecule has 0 heterocycles. The molecule has 0 rings (SSSR count). The third-order valence-electron chi connectivity index (χ3n) is 4.61. The van der Waals surface area contributed by atoms with Crippen LogP contribution in [0.4, 0.5) is 0 Å². The molecule has 5 heteroatoms. The Bertz CT molecular complexity index is 509. The minimum absolute atomic E-state index is 0.296. The van der Waals surface area contributed by atoms with Crippen molar-refractivity contribution in [2.45, 2.75) is 103 Å². The maximum Gasteiger partial charge on any atom is 0.328 e. The van der Waals surface area contributed by atoms with Crippen molar-refractivity contribution in [3.8, 4) is 0 Å². The number of hydrogen-bond acceptors (Lipinski definition) is 3. The van der Waals surface area contributed by atoms with Gasteiger partial charge in [0, 0.05) is 6.42 Å². The summed E-state index contributed by atoms with van der Waals surface area (Å²) >= 11 is 0. The van der Waals surface area contributed by atoms with Gasteiger partial charge in [-0.2, -0.15) is 0 Å². The average molecular weight is 408 g/mol. The molecule has 0 aromatic heterocycles. The highest BCUT2D eigenvalue weighted by atomic mass is 16.4. The molecule has 0 fully saturated rings. The van der Waals surface area contributed by atoms with Crippen LogP contribution in [-0.4, -0.2) is 34.2 Å². The number of carboxylic acids is 1. The van der Waals surface area contributed by atoms with E-state index in [9.17, 15) is 14.7 Å². The fraction of sp³-hybridized carbons (Fsp3) is 0.667. The monoisotopic (exact) mass is 407 g/mol. The molecule has 0 saturated heterocycles. The molecule has 3 N–H and O–H groups in total. The Labute approximate surface area is 177 Å². The van der Waals surface area contributed by atoms with Gasteiger partial charge in [-0.05, 0) is 51.9 Å². The van der Waals surface area contributed by atoms with E-state index < -0.39 is 18.1 Å². The number of aliphatic carboxylic acids is 1. The van der Waals surface area contributed by atoms with Crippen molar-refractivity contribution < 1.29 is 19.8 Å². The lowest BCUT2D eigenvalue weighted by Crippen LogP contribution is -2.47. The van der Waals surface area contributed by atoms with Gasteiger partial charge in [0.05, 0.1) is 6.10 Å². The Kier molecular flexibility index (Phi) is 18.2. The highest BCUT2D eigenvalue weighted by Crippen LogP contribution is 2.07. The number of aliphatic hydroxyl groups is 1. The summed E-state index contributed by atoms with van der Waals surface area (Å²) in [5.74, 6) is -1.53. The molecule has 0 saturated carbocycles. The summed E-state index contributed by atoms with van der Waals surface area (Å²) in [7, 11) is 0. The average Bonchev–Trinajstić information content (AvgIpc) is 2.68. The highest BCUT2D eigenvalue weighted by Gasteiger charge is 2.24. The lowest BCUT2D eigenvalue weighted by molar-refractivity contribution is -0.144. The van der Waals surface area contributed by atoms with Gasteiger partial charge in [-0.25, -0.2) is 4.79 Å². The van der Waals surface area contributed by atoms with E-state index in [2.05, 4.69) is 48.7 Å². The van der Waals surface area contributed by atoms with E-state index in [-0.39, 0.29) is 5.91 Å². The molecule has 1 amide bonds. The minimum Gasteiger partial charge on any atom is -0.480 e. The zero-order valence-electron chi connectivity index (χ0n) is 18.3. The normalized spacial score (nSPS) is 14.0. The van der Waals surface area contributed by atoms with Crippen LogP contribution in [0, 0.1) is 0 Å². The first kappa shape index (κ1) is 27.1. The highest BCUT2D eigenvalue weighted by molar-refractivity contribution is 5.83. The minimum atomic E-state index is -1.23. The summed E-state index contributed by atoms with van der Waals surface area (Å²) in [6.45, 7) is 3.58.